The van der Waals surface area contributed by atoms with Crippen molar-refractivity contribution in [3.63, 3.8) is 0 Å². The van der Waals surface area contributed by atoms with Crippen molar-refractivity contribution in [2.75, 3.05) is 19.7 Å². The number of phenolic OH excluding ortho intramolecular Hbond substituents is 1. The van der Waals surface area contributed by atoms with E-state index in [-0.39, 0.29) is 41.5 Å². The summed E-state index contributed by atoms with van der Waals surface area (Å²) in [5, 5.41) is 19.5. The maximum Gasteiger partial charge on any atom is 0.308 e. The zero-order chi connectivity index (χ0) is 22.0. The number of carbonyl (C=O) groups is 2. The number of ether oxygens (including phenoxy) is 1. The number of likely N-dealkylation sites (tertiary alicyclic amines) is 1. The van der Waals surface area contributed by atoms with Crippen molar-refractivity contribution in [1.29, 1.82) is 0 Å². The first-order valence-corrected chi connectivity index (χ1v) is 9.92. The van der Waals surface area contributed by atoms with E-state index in [9.17, 15) is 24.6 Å². The van der Waals surface area contributed by atoms with Crippen LogP contribution in [0.2, 0.25) is 0 Å². The molecule has 0 aliphatic carbocycles. The molecule has 0 bridgehead atoms. The lowest BCUT2D eigenvalue weighted by Crippen LogP contribution is -2.44. The van der Waals surface area contributed by atoms with E-state index >= 15 is 0 Å². The summed E-state index contributed by atoms with van der Waals surface area (Å²) in [5.41, 5.74) is 0.451. The summed E-state index contributed by atoms with van der Waals surface area (Å²) < 4.78 is 11.3. The van der Waals surface area contributed by atoms with Crippen LogP contribution in [-0.4, -0.2) is 46.7 Å². The number of hydrogen-bond donors (Lipinski definition) is 2. The summed E-state index contributed by atoms with van der Waals surface area (Å²) in [5.74, 6) is -1.63. The van der Waals surface area contributed by atoms with Gasteiger partial charge in [-0.15, -0.1) is 0 Å². The van der Waals surface area contributed by atoms with Gasteiger partial charge in [0.05, 0.1) is 5.92 Å². The number of nitrogens with zero attached hydrogens (tertiary/aromatic N) is 1. The molecule has 0 radical (unpaired) electrons. The number of piperidine rings is 1. The average molecular weight is 423 g/mol. The summed E-state index contributed by atoms with van der Waals surface area (Å²) in [7, 11) is 0. The summed E-state index contributed by atoms with van der Waals surface area (Å²) in [6.45, 7) is 0.306. The Morgan fingerprint density at radius 2 is 1.94 bits per heavy atom. The van der Waals surface area contributed by atoms with Gasteiger partial charge < -0.3 is 24.3 Å². The number of carboxylic acids is 1. The Bertz CT molecular complexity index is 1190. The fraction of sp³-hybridized carbons (Fsp3) is 0.261. The smallest absolute Gasteiger partial charge is 0.308 e. The van der Waals surface area contributed by atoms with Gasteiger partial charge in [-0.25, -0.2) is 0 Å². The molecule has 1 aromatic heterocycles. The number of carbonyl (C=O) groups excluding carboxylic acids is 1. The van der Waals surface area contributed by atoms with Gasteiger partial charge in [0.15, 0.2) is 12.0 Å². The quantitative estimate of drug-likeness (QED) is 0.648. The lowest BCUT2D eigenvalue weighted by Gasteiger charge is -2.30. The molecular weight excluding hydrogens is 402 g/mol. The Morgan fingerprint density at radius 1 is 1.16 bits per heavy atom. The third-order valence-electron chi connectivity index (χ3n) is 5.33. The maximum absolute atomic E-state index is 12.5. The summed E-state index contributed by atoms with van der Waals surface area (Å²) >= 11 is 0. The van der Waals surface area contributed by atoms with Crippen LogP contribution in [0.25, 0.3) is 22.3 Å². The molecule has 0 saturated carbocycles. The number of rotatable bonds is 5. The van der Waals surface area contributed by atoms with Gasteiger partial charge in [-0.2, -0.15) is 0 Å². The van der Waals surface area contributed by atoms with Gasteiger partial charge in [0.2, 0.25) is 0 Å². The molecule has 0 spiro atoms. The van der Waals surface area contributed by atoms with Crippen molar-refractivity contribution in [3.05, 3.63) is 58.8 Å². The van der Waals surface area contributed by atoms with E-state index in [2.05, 4.69) is 0 Å². The molecule has 1 fully saturated rings. The molecule has 8 nitrogen and oxygen atoms in total. The molecule has 2 aromatic carbocycles. The standard InChI is InChI=1S/C23H21NO7/c25-17-9-16(30-13-21(27)24-8-4-7-15(12-24)23(28)29)10-20-22(17)18(26)11-19(31-20)14-5-2-1-3-6-14/h1-3,5-6,9-11,15,25H,4,7-8,12-13H2,(H,28,29)/t15-/m0/s1. The molecule has 0 unspecified atom stereocenters. The number of phenols is 1. The van der Waals surface area contributed by atoms with Crippen LogP contribution in [0.3, 0.4) is 0 Å². The van der Waals surface area contributed by atoms with Crippen LogP contribution in [0, 0.1) is 5.92 Å². The van der Waals surface area contributed by atoms with Crippen LogP contribution in [0.4, 0.5) is 0 Å². The normalized spacial score (nSPS) is 16.3. The van der Waals surface area contributed by atoms with Crippen LogP contribution >= 0.6 is 0 Å². The van der Waals surface area contributed by atoms with Crippen molar-refractivity contribution in [2.24, 2.45) is 5.92 Å². The van der Waals surface area contributed by atoms with E-state index in [0.717, 1.165) is 0 Å². The van der Waals surface area contributed by atoms with Gasteiger partial charge in [0, 0.05) is 36.9 Å². The molecule has 1 aliphatic rings. The number of aromatic hydroxyl groups is 1. The van der Waals surface area contributed by atoms with E-state index in [4.69, 9.17) is 9.15 Å². The maximum atomic E-state index is 12.5. The number of amides is 1. The van der Waals surface area contributed by atoms with Gasteiger partial charge in [-0.3, -0.25) is 14.4 Å². The van der Waals surface area contributed by atoms with E-state index in [0.29, 0.717) is 30.7 Å². The molecule has 3 aromatic rings. The predicted octanol–water partition coefficient (Wildman–Crippen LogP) is 2.87. The summed E-state index contributed by atoms with van der Waals surface area (Å²) in [6, 6.07) is 13.1. The van der Waals surface area contributed by atoms with Crippen LogP contribution < -0.4 is 10.2 Å². The minimum atomic E-state index is -0.915. The predicted molar refractivity (Wildman–Crippen MR) is 112 cm³/mol. The van der Waals surface area contributed by atoms with Crippen LogP contribution in [0.1, 0.15) is 12.8 Å². The Morgan fingerprint density at radius 3 is 2.68 bits per heavy atom. The third kappa shape index (κ3) is 4.37. The Hall–Kier alpha value is -3.81. The monoisotopic (exact) mass is 423 g/mol. The van der Waals surface area contributed by atoms with Gasteiger partial charge >= 0.3 is 5.97 Å². The first-order chi connectivity index (χ1) is 14.9. The van der Waals surface area contributed by atoms with Crippen molar-refractivity contribution in [2.45, 2.75) is 12.8 Å². The fourth-order valence-electron chi connectivity index (χ4n) is 3.71. The molecule has 2 heterocycles. The van der Waals surface area contributed by atoms with E-state index < -0.39 is 17.3 Å². The number of carboxylic acid groups (broad SMARTS) is 1. The molecule has 2 N–H and O–H groups in total. The molecule has 1 aliphatic heterocycles. The van der Waals surface area contributed by atoms with Crippen LogP contribution in [0.5, 0.6) is 11.5 Å². The van der Waals surface area contributed by atoms with Crippen molar-refractivity contribution < 1.29 is 29.0 Å². The van der Waals surface area contributed by atoms with E-state index in [1.807, 2.05) is 18.2 Å². The Labute approximate surface area is 177 Å². The van der Waals surface area contributed by atoms with Crippen molar-refractivity contribution in [1.82, 2.24) is 4.90 Å². The minimum Gasteiger partial charge on any atom is -0.507 e. The SMILES string of the molecule is O=C(O)[C@H]1CCCN(C(=O)COc2cc(O)c3c(=O)cc(-c4ccccc4)oc3c2)C1. The van der Waals surface area contributed by atoms with Gasteiger partial charge in [-0.05, 0) is 12.8 Å². The van der Waals surface area contributed by atoms with Crippen molar-refractivity contribution >= 4 is 22.8 Å². The van der Waals surface area contributed by atoms with Crippen LogP contribution in [-0.2, 0) is 9.59 Å². The molecule has 4 rings (SSSR count). The Balaban J connectivity index is 1.55. The second-order valence-corrected chi connectivity index (χ2v) is 7.46. The lowest BCUT2D eigenvalue weighted by molar-refractivity contribution is -0.146. The lowest BCUT2D eigenvalue weighted by atomic mass is 9.98. The van der Waals surface area contributed by atoms with E-state index in [1.165, 1.54) is 23.1 Å². The number of hydrogen-bond acceptors (Lipinski definition) is 6. The molecular formula is C23H21NO7. The highest BCUT2D eigenvalue weighted by Crippen LogP contribution is 2.31. The topological polar surface area (TPSA) is 117 Å². The zero-order valence-electron chi connectivity index (χ0n) is 16.6. The summed E-state index contributed by atoms with van der Waals surface area (Å²) in [4.78, 5) is 37.6. The average Bonchev–Trinajstić information content (AvgIpc) is 2.77. The first kappa shape index (κ1) is 20.5. The highest BCUT2D eigenvalue weighted by atomic mass is 16.5. The number of aliphatic carboxylic acids is 1. The van der Waals surface area contributed by atoms with Gasteiger partial charge in [0.1, 0.15) is 28.2 Å². The third-order valence-corrected chi connectivity index (χ3v) is 5.33. The molecule has 31 heavy (non-hydrogen) atoms. The number of fused-ring (bicyclic) bond motifs is 1. The minimum absolute atomic E-state index is 0.0266. The van der Waals surface area contributed by atoms with E-state index in [1.54, 1.807) is 12.1 Å². The first-order valence-electron chi connectivity index (χ1n) is 9.92. The number of benzene rings is 2. The Kier molecular flexibility index (Phi) is 5.62. The highest BCUT2D eigenvalue weighted by Gasteiger charge is 2.28. The fourth-order valence-corrected chi connectivity index (χ4v) is 3.71. The second kappa shape index (κ2) is 8.51. The van der Waals surface area contributed by atoms with Gasteiger partial charge in [0.25, 0.3) is 5.91 Å². The molecule has 8 heteroatoms. The molecule has 1 saturated heterocycles. The largest absolute Gasteiger partial charge is 0.507 e. The van der Waals surface area contributed by atoms with Gasteiger partial charge in [-0.1, -0.05) is 30.3 Å². The molecule has 1 atom stereocenters. The summed E-state index contributed by atoms with van der Waals surface area (Å²) in [6.07, 6.45) is 1.16. The highest BCUT2D eigenvalue weighted by molar-refractivity contribution is 5.86. The zero-order valence-corrected chi connectivity index (χ0v) is 16.6. The van der Waals surface area contributed by atoms with Crippen LogP contribution in [0.15, 0.2) is 57.7 Å². The second-order valence-electron chi connectivity index (χ2n) is 7.46. The molecule has 1 amide bonds. The van der Waals surface area contributed by atoms with Crippen molar-refractivity contribution in [3.8, 4) is 22.8 Å². The molecule has 160 valence electrons.